The molecule has 4 aromatic rings. The van der Waals surface area contributed by atoms with E-state index in [0.29, 0.717) is 11.1 Å². The van der Waals surface area contributed by atoms with Gasteiger partial charge in [-0.15, -0.1) is 0 Å². The summed E-state index contributed by atoms with van der Waals surface area (Å²) in [6.45, 7) is 0.444. The first kappa shape index (κ1) is 26.9. The van der Waals surface area contributed by atoms with Crippen LogP contribution in [0.2, 0.25) is 0 Å². The average Bonchev–Trinajstić information content (AvgIpc) is 2.89. The van der Waals surface area contributed by atoms with Crippen LogP contribution in [0, 0.1) is 0 Å². The molecular weight excluding hydrogens is 628 g/mol. The number of benzene rings is 2. The van der Waals surface area contributed by atoms with E-state index in [-0.39, 0.29) is 37.5 Å². The number of rotatable bonds is 11. The Labute approximate surface area is 231 Å². The number of halogens is 2. The molecule has 4 rings (SSSR count). The zero-order valence-electron chi connectivity index (χ0n) is 19.6. The van der Waals surface area contributed by atoms with Crippen LogP contribution in [-0.4, -0.2) is 52.9 Å². The summed E-state index contributed by atoms with van der Waals surface area (Å²) >= 11 is 6.69. The van der Waals surface area contributed by atoms with Crippen LogP contribution in [0.3, 0.4) is 0 Å². The number of nitrogens with one attached hydrogen (secondary N) is 1. The summed E-state index contributed by atoms with van der Waals surface area (Å²) in [4.78, 5) is 16.6. The van der Waals surface area contributed by atoms with Gasteiger partial charge < -0.3 is 9.47 Å². The van der Waals surface area contributed by atoms with Crippen LogP contribution in [0.15, 0.2) is 82.3 Å². The third-order valence-electron chi connectivity index (χ3n) is 4.98. The van der Waals surface area contributed by atoms with Gasteiger partial charge in [0, 0.05) is 30.5 Å². The van der Waals surface area contributed by atoms with Crippen molar-refractivity contribution < 1.29 is 17.9 Å². The van der Waals surface area contributed by atoms with Crippen LogP contribution in [0.25, 0.3) is 11.1 Å². The van der Waals surface area contributed by atoms with E-state index in [9.17, 15) is 8.42 Å². The molecule has 0 bridgehead atoms. The molecule has 0 aliphatic carbocycles. The molecule has 0 radical (unpaired) electrons. The van der Waals surface area contributed by atoms with Gasteiger partial charge in [-0.2, -0.15) is 12.7 Å². The van der Waals surface area contributed by atoms with Crippen molar-refractivity contribution in [1.29, 1.82) is 0 Å². The smallest absolute Gasteiger partial charge is 0.316 e. The van der Waals surface area contributed by atoms with E-state index in [2.05, 4.69) is 56.5 Å². The van der Waals surface area contributed by atoms with Crippen molar-refractivity contribution in [2.75, 3.05) is 25.0 Å². The predicted octanol–water partition coefficient (Wildman–Crippen LogP) is 4.71. The Balaban J connectivity index is 1.55. The number of hydrogen-bond acceptors (Lipinski definition) is 8. The Morgan fingerprint density at radius 3 is 2.24 bits per heavy atom. The Kier molecular flexibility index (Phi) is 9.03. The molecule has 0 spiro atoms. The molecule has 2 aromatic carbocycles. The van der Waals surface area contributed by atoms with Gasteiger partial charge in [-0.05, 0) is 39.2 Å². The van der Waals surface area contributed by atoms with Crippen molar-refractivity contribution >= 4 is 47.9 Å². The van der Waals surface area contributed by atoms with Gasteiger partial charge in [0.1, 0.15) is 19.5 Å². The third kappa shape index (κ3) is 7.44. The summed E-state index contributed by atoms with van der Waals surface area (Å²) in [5.74, 6) is 0.283. The molecule has 2 heterocycles. The van der Waals surface area contributed by atoms with E-state index < -0.39 is 10.2 Å². The largest absolute Gasteiger partial charge is 0.473 e. The second kappa shape index (κ2) is 12.4. The highest BCUT2D eigenvalue weighted by Crippen LogP contribution is 2.35. The van der Waals surface area contributed by atoms with Crippen LogP contribution < -0.4 is 14.2 Å². The fraction of sp³-hybridized carbons (Fsp3) is 0.167. The summed E-state index contributed by atoms with van der Waals surface area (Å²) < 4.78 is 43.1. The molecule has 37 heavy (non-hydrogen) atoms. The topological polar surface area (TPSA) is 119 Å². The molecule has 0 saturated heterocycles. The maximum atomic E-state index is 13.2. The number of anilines is 1. The third-order valence-corrected chi connectivity index (χ3v) is 7.32. The molecular formula is C24H22Br2N6O4S. The molecule has 0 aliphatic heterocycles. The molecule has 10 nitrogen and oxygen atoms in total. The summed E-state index contributed by atoms with van der Waals surface area (Å²) in [7, 11) is -2.45. The van der Waals surface area contributed by atoms with Gasteiger partial charge in [0.15, 0.2) is 5.82 Å². The maximum Gasteiger partial charge on any atom is 0.316 e. The minimum atomic E-state index is -3.95. The highest BCUT2D eigenvalue weighted by atomic mass is 79.9. The van der Waals surface area contributed by atoms with Crippen molar-refractivity contribution in [1.82, 2.24) is 24.2 Å². The Morgan fingerprint density at radius 2 is 1.54 bits per heavy atom. The van der Waals surface area contributed by atoms with Gasteiger partial charge in [0.05, 0.1) is 10.0 Å². The van der Waals surface area contributed by atoms with Crippen LogP contribution in [0.1, 0.15) is 5.56 Å². The van der Waals surface area contributed by atoms with Crippen LogP contribution >= 0.6 is 31.9 Å². The quantitative estimate of drug-likeness (QED) is 0.232. The summed E-state index contributed by atoms with van der Waals surface area (Å²) in [6, 6.07) is 16.8. The molecule has 0 unspecified atom stereocenters. The lowest BCUT2D eigenvalue weighted by Crippen LogP contribution is -2.32. The van der Waals surface area contributed by atoms with Crippen molar-refractivity contribution in [2.24, 2.45) is 0 Å². The number of nitrogens with zero attached hydrogens (tertiary/aromatic N) is 5. The lowest BCUT2D eigenvalue weighted by Gasteiger charge is -2.20. The molecule has 192 valence electrons. The predicted molar refractivity (Wildman–Crippen MR) is 146 cm³/mol. The first-order chi connectivity index (χ1) is 17.8. The zero-order chi connectivity index (χ0) is 26.3. The Hall–Kier alpha value is -3.13. The molecule has 0 fully saturated rings. The van der Waals surface area contributed by atoms with Crippen molar-refractivity contribution in [2.45, 2.75) is 6.54 Å². The van der Waals surface area contributed by atoms with Gasteiger partial charge in [-0.3, -0.25) is 4.72 Å². The minimum absolute atomic E-state index is 0.0874. The molecule has 0 saturated carbocycles. The Morgan fingerprint density at radius 1 is 0.865 bits per heavy atom. The maximum absolute atomic E-state index is 13.2. The van der Waals surface area contributed by atoms with Gasteiger partial charge >= 0.3 is 16.2 Å². The van der Waals surface area contributed by atoms with Gasteiger partial charge in [-0.25, -0.2) is 19.9 Å². The standard InChI is InChI=1S/C24H22Br2N6O4S/c1-32(15-17-5-3-2-4-6-17)37(33,34)31-22-21(18-7-9-19(25)10-8-18)23(30-16-29-22)35-11-12-36-24-27-13-20(26)14-28-24/h2-10,13-14,16H,11-12,15H2,1H3,(H,29,30,31). The lowest BCUT2D eigenvalue weighted by atomic mass is 10.1. The fourth-order valence-corrected chi connectivity index (χ4v) is 4.55. The number of hydrogen-bond donors (Lipinski definition) is 1. The molecule has 0 atom stereocenters. The molecule has 0 amide bonds. The van der Waals surface area contributed by atoms with Crippen molar-refractivity contribution in [3.63, 3.8) is 0 Å². The van der Waals surface area contributed by atoms with Crippen LogP contribution in [0.4, 0.5) is 5.82 Å². The van der Waals surface area contributed by atoms with E-state index in [4.69, 9.17) is 9.47 Å². The van der Waals surface area contributed by atoms with E-state index in [1.807, 2.05) is 54.6 Å². The first-order valence-corrected chi connectivity index (χ1v) is 14.0. The highest BCUT2D eigenvalue weighted by molar-refractivity contribution is 9.10. The lowest BCUT2D eigenvalue weighted by molar-refractivity contribution is 0.202. The molecule has 1 N–H and O–H groups in total. The monoisotopic (exact) mass is 648 g/mol. The number of aromatic nitrogens is 4. The normalized spacial score (nSPS) is 11.4. The van der Waals surface area contributed by atoms with Crippen LogP contribution in [0.5, 0.6) is 11.9 Å². The van der Waals surface area contributed by atoms with Gasteiger partial charge in [-0.1, -0.05) is 58.4 Å². The average molecular weight is 650 g/mol. The molecule has 0 aliphatic rings. The Bertz CT molecular complexity index is 1430. The summed E-state index contributed by atoms with van der Waals surface area (Å²) in [5, 5.41) is 0. The van der Waals surface area contributed by atoms with Crippen molar-refractivity contribution in [3.8, 4) is 23.0 Å². The van der Waals surface area contributed by atoms with Gasteiger partial charge in [0.2, 0.25) is 5.88 Å². The van der Waals surface area contributed by atoms with E-state index in [1.54, 1.807) is 12.4 Å². The van der Waals surface area contributed by atoms with E-state index in [0.717, 1.165) is 14.5 Å². The first-order valence-electron chi connectivity index (χ1n) is 10.9. The second-order valence-corrected chi connectivity index (χ2v) is 11.2. The fourth-order valence-electron chi connectivity index (χ4n) is 3.20. The molecule has 2 aromatic heterocycles. The van der Waals surface area contributed by atoms with E-state index >= 15 is 0 Å². The number of ether oxygens (including phenoxy) is 2. The summed E-state index contributed by atoms with van der Waals surface area (Å²) in [5.41, 5.74) is 1.91. The van der Waals surface area contributed by atoms with E-state index in [1.165, 1.54) is 17.7 Å². The summed E-state index contributed by atoms with van der Waals surface area (Å²) in [6.07, 6.45) is 4.39. The minimum Gasteiger partial charge on any atom is -0.473 e. The zero-order valence-corrected chi connectivity index (χ0v) is 23.6. The highest BCUT2D eigenvalue weighted by Gasteiger charge is 2.23. The van der Waals surface area contributed by atoms with Crippen LogP contribution in [-0.2, 0) is 16.8 Å². The van der Waals surface area contributed by atoms with Crippen molar-refractivity contribution in [3.05, 3.63) is 87.8 Å². The molecule has 13 heteroatoms. The second-order valence-electron chi connectivity index (χ2n) is 7.64. The van der Waals surface area contributed by atoms with Gasteiger partial charge in [0.25, 0.3) is 0 Å². The SMILES string of the molecule is CN(Cc1ccccc1)S(=O)(=O)Nc1ncnc(OCCOc2ncc(Br)cn2)c1-c1ccc(Br)cc1.